The molecule has 0 aliphatic heterocycles. The van der Waals surface area contributed by atoms with Crippen LogP contribution in [-0.2, 0) is 0 Å². The van der Waals surface area contributed by atoms with Gasteiger partial charge in [-0.05, 0) is 35.4 Å². The third-order valence-corrected chi connectivity index (χ3v) is 4.98. The maximum absolute atomic E-state index is 10.8. The fraction of sp³-hybridized carbons (Fsp3) is 0.316. The molecular formula is C19H22N2O7. The monoisotopic (exact) mass is 390 g/mol. The molecule has 8 N–H and O–H groups in total. The van der Waals surface area contributed by atoms with Gasteiger partial charge in [0.2, 0.25) is 6.29 Å². The number of primary amides is 1. The highest BCUT2D eigenvalue weighted by atomic mass is 16.6. The van der Waals surface area contributed by atoms with E-state index in [-0.39, 0.29) is 5.75 Å². The van der Waals surface area contributed by atoms with Crippen LogP contribution >= 0.6 is 0 Å². The number of carbonyl (C=O) groups is 1. The number of aliphatic hydroxyl groups is 5. The second-order valence-electron chi connectivity index (χ2n) is 6.67. The molecule has 28 heavy (non-hydrogen) atoms. The van der Waals surface area contributed by atoms with E-state index in [2.05, 4.69) is 5.32 Å². The lowest BCUT2D eigenvalue weighted by atomic mass is 9.64. The summed E-state index contributed by atoms with van der Waals surface area (Å²) in [7, 11) is 0. The first-order valence-electron chi connectivity index (χ1n) is 8.58. The fourth-order valence-corrected chi connectivity index (χ4v) is 3.29. The normalized spacial score (nSPS) is 27.5. The Bertz CT molecular complexity index is 827. The summed E-state index contributed by atoms with van der Waals surface area (Å²) in [6, 6.07) is 12.9. The largest absolute Gasteiger partial charge is 0.462 e. The van der Waals surface area contributed by atoms with Crippen molar-refractivity contribution in [2.24, 2.45) is 11.7 Å². The van der Waals surface area contributed by atoms with Crippen molar-refractivity contribution in [3.8, 4) is 16.9 Å². The summed E-state index contributed by atoms with van der Waals surface area (Å²) in [6.45, 7) is -0.616. The van der Waals surface area contributed by atoms with Crippen molar-refractivity contribution < 1.29 is 35.1 Å². The zero-order chi connectivity index (χ0) is 20.5. The minimum Gasteiger partial charge on any atom is -0.462 e. The number of amides is 2. The number of benzene rings is 2. The van der Waals surface area contributed by atoms with Gasteiger partial charge < -0.3 is 41.3 Å². The molecule has 2 aromatic carbocycles. The second kappa shape index (κ2) is 7.74. The Kier molecular flexibility index (Phi) is 5.54. The Labute approximate surface area is 160 Å². The van der Waals surface area contributed by atoms with Gasteiger partial charge in [0.15, 0.2) is 5.60 Å². The van der Waals surface area contributed by atoms with Crippen LogP contribution in [0, 0.1) is 5.92 Å². The molecule has 9 heteroatoms. The van der Waals surface area contributed by atoms with E-state index in [0.29, 0.717) is 5.69 Å². The molecule has 1 aliphatic rings. The van der Waals surface area contributed by atoms with Crippen molar-refractivity contribution >= 4 is 11.7 Å². The molecular weight excluding hydrogens is 368 g/mol. The molecule has 2 aromatic rings. The third kappa shape index (κ3) is 3.53. The summed E-state index contributed by atoms with van der Waals surface area (Å²) in [5.74, 6) is -0.897. The fourth-order valence-electron chi connectivity index (χ4n) is 3.29. The minimum atomic E-state index is -2.17. The van der Waals surface area contributed by atoms with Crippen LogP contribution in [0.15, 0.2) is 48.5 Å². The molecule has 0 bridgehead atoms. The van der Waals surface area contributed by atoms with Crippen LogP contribution in [0.3, 0.4) is 0 Å². The standard InChI is InChI=1S/C19H22N2O7/c20-18(26)21-12-5-1-10(2-6-12)11-3-7-13(8-4-11)28-17(25)19(27)14(9-22)15(23)16(19)24/h1-8,14-17,22-25,27H,9H2,(H3,20,21,26). The van der Waals surface area contributed by atoms with Crippen LogP contribution in [0.4, 0.5) is 10.5 Å². The summed E-state index contributed by atoms with van der Waals surface area (Å²) in [4.78, 5) is 10.8. The zero-order valence-corrected chi connectivity index (χ0v) is 14.8. The van der Waals surface area contributed by atoms with Gasteiger partial charge in [-0.15, -0.1) is 0 Å². The van der Waals surface area contributed by atoms with Gasteiger partial charge in [-0.1, -0.05) is 24.3 Å². The highest BCUT2D eigenvalue weighted by Gasteiger charge is 2.65. The molecule has 3 rings (SSSR count). The van der Waals surface area contributed by atoms with Crippen molar-refractivity contribution in [1.29, 1.82) is 0 Å². The predicted octanol–water partition coefficient (Wildman–Crippen LogP) is -0.384. The maximum Gasteiger partial charge on any atom is 0.316 e. The molecule has 0 heterocycles. The molecule has 150 valence electrons. The predicted molar refractivity (Wildman–Crippen MR) is 99.3 cm³/mol. The number of aliphatic hydroxyl groups excluding tert-OH is 4. The van der Waals surface area contributed by atoms with E-state index in [1.54, 1.807) is 48.5 Å². The van der Waals surface area contributed by atoms with Crippen LogP contribution in [0.1, 0.15) is 0 Å². The van der Waals surface area contributed by atoms with Crippen molar-refractivity contribution in [3.05, 3.63) is 48.5 Å². The Morgan fingerprint density at radius 1 is 1.11 bits per heavy atom. The van der Waals surface area contributed by atoms with Gasteiger partial charge in [0, 0.05) is 11.6 Å². The molecule has 1 saturated carbocycles. The first kappa shape index (κ1) is 20.1. The van der Waals surface area contributed by atoms with Crippen LogP contribution < -0.4 is 15.8 Å². The van der Waals surface area contributed by atoms with Crippen molar-refractivity contribution in [2.75, 3.05) is 11.9 Å². The van der Waals surface area contributed by atoms with Crippen molar-refractivity contribution in [3.63, 3.8) is 0 Å². The Morgan fingerprint density at radius 2 is 1.64 bits per heavy atom. The summed E-state index contributed by atoms with van der Waals surface area (Å²) >= 11 is 0. The van der Waals surface area contributed by atoms with Gasteiger partial charge in [-0.2, -0.15) is 0 Å². The average Bonchev–Trinajstić information content (AvgIpc) is 2.68. The Balaban J connectivity index is 1.68. The van der Waals surface area contributed by atoms with Crippen LogP contribution in [0.2, 0.25) is 0 Å². The molecule has 0 aromatic heterocycles. The first-order chi connectivity index (χ1) is 13.3. The molecule has 5 atom stereocenters. The number of hydrogen-bond donors (Lipinski definition) is 7. The van der Waals surface area contributed by atoms with Gasteiger partial charge in [-0.3, -0.25) is 0 Å². The number of anilines is 1. The number of ether oxygens (including phenoxy) is 1. The highest BCUT2D eigenvalue weighted by molar-refractivity contribution is 5.88. The molecule has 1 fully saturated rings. The maximum atomic E-state index is 10.8. The number of urea groups is 1. The van der Waals surface area contributed by atoms with E-state index in [0.717, 1.165) is 11.1 Å². The van der Waals surface area contributed by atoms with Crippen LogP contribution in [0.5, 0.6) is 5.75 Å². The number of rotatable bonds is 6. The Hall–Kier alpha value is -2.69. The van der Waals surface area contributed by atoms with Gasteiger partial charge in [0.25, 0.3) is 0 Å². The molecule has 2 amide bonds. The Morgan fingerprint density at radius 3 is 2.14 bits per heavy atom. The molecule has 0 radical (unpaired) electrons. The quantitative estimate of drug-likeness (QED) is 0.330. The van der Waals surface area contributed by atoms with E-state index in [1.165, 1.54) is 0 Å². The summed E-state index contributed by atoms with van der Waals surface area (Å²) < 4.78 is 5.29. The van der Waals surface area contributed by atoms with Gasteiger partial charge in [0.05, 0.1) is 12.7 Å². The van der Waals surface area contributed by atoms with E-state index in [9.17, 15) is 30.3 Å². The van der Waals surface area contributed by atoms with Crippen LogP contribution in [-0.4, -0.2) is 62.3 Å². The third-order valence-electron chi connectivity index (χ3n) is 4.98. The SMILES string of the molecule is NC(=O)Nc1ccc(-c2ccc(OC(O)C3(O)C(O)C(O)C3CO)cc2)cc1. The average molecular weight is 390 g/mol. The second-order valence-corrected chi connectivity index (χ2v) is 6.67. The van der Waals surface area contributed by atoms with E-state index in [4.69, 9.17) is 10.5 Å². The highest BCUT2D eigenvalue weighted by Crippen LogP contribution is 2.42. The number of hydrogen-bond acceptors (Lipinski definition) is 7. The molecule has 0 spiro atoms. The van der Waals surface area contributed by atoms with Gasteiger partial charge in [0.1, 0.15) is 11.9 Å². The zero-order valence-electron chi connectivity index (χ0n) is 14.8. The first-order valence-corrected chi connectivity index (χ1v) is 8.58. The molecule has 1 aliphatic carbocycles. The lowest BCUT2D eigenvalue weighted by molar-refractivity contribution is -0.332. The van der Waals surface area contributed by atoms with Crippen molar-refractivity contribution in [1.82, 2.24) is 0 Å². The van der Waals surface area contributed by atoms with Gasteiger partial charge in [-0.25, -0.2) is 4.79 Å². The summed E-state index contributed by atoms with van der Waals surface area (Å²) in [6.07, 6.45) is -4.82. The molecule has 9 nitrogen and oxygen atoms in total. The van der Waals surface area contributed by atoms with Crippen molar-refractivity contribution in [2.45, 2.75) is 24.1 Å². The molecule has 5 unspecified atom stereocenters. The number of nitrogens with two attached hydrogens (primary N) is 1. The van der Waals surface area contributed by atoms with Crippen LogP contribution in [0.25, 0.3) is 11.1 Å². The lowest BCUT2D eigenvalue weighted by Crippen LogP contribution is -2.76. The summed E-state index contributed by atoms with van der Waals surface area (Å²) in [5, 5.41) is 51.6. The number of nitrogens with one attached hydrogen (secondary N) is 1. The van der Waals surface area contributed by atoms with Gasteiger partial charge >= 0.3 is 6.03 Å². The molecule has 0 saturated heterocycles. The number of carbonyl (C=O) groups excluding carboxylic acids is 1. The lowest BCUT2D eigenvalue weighted by Gasteiger charge is -2.53. The van der Waals surface area contributed by atoms with E-state index >= 15 is 0 Å². The topological polar surface area (TPSA) is 166 Å². The van der Waals surface area contributed by atoms with E-state index < -0.39 is 42.7 Å². The minimum absolute atomic E-state index is 0.224. The summed E-state index contributed by atoms with van der Waals surface area (Å²) in [5.41, 5.74) is 5.15. The smallest absolute Gasteiger partial charge is 0.316 e. The van der Waals surface area contributed by atoms with E-state index in [1.807, 2.05) is 0 Å².